The summed E-state index contributed by atoms with van der Waals surface area (Å²) in [5, 5.41) is 24.8. The van der Waals surface area contributed by atoms with Crippen LogP contribution in [0.1, 0.15) is 33.0 Å². The first-order valence-electron chi connectivity index (χ1n) is 11.9. The lowest BCUT2D eigenvalue weighted by Crippen LogP contribution is -2.06. The van der Waals surface area contributed by atoms with Crippen LogP contribution in [0, 0.1) is 0 Å². The lowest BCUT2D eigenvalue weighted by Gasteiger charge is -2.12. The smallest absolute Gasteiger partial charge is 0.416 e. The zero-order valence-corrected chi connectivity index (χ0v) is 25.6. The van der Waals surface area contributed by atoms with Crippen LogP contribution in [-0.4, -0.2) is 10.2 Å². The van der Waals surface area contributed by atoms with E-state index < -0.39 is 23.5 Å². The fourth-order valence-electron chi connectivity index (χ4n) is 4.11. The molecule has 42 heavy (non-hydrogen) atoms. The molecule has 2 aliphatic heterocycles. The van der Waals surface area contributed by atoms with Crippen molar-refractivity contribution in [1.82, 2.24) is 0 Å². The predicted octanol–water partition coefficient (Wildman–Crippen LogP) is 10.8. The highest BCUT2D eigenvalue weighted by molar-refractivity contribution is 9.10. The Hall–Kier alpha value is -2.68. The molecule has 0 saturated heterocycles. The van der Waals surface area contributed by atoms with Crippen molar-refractivity contribution in [3.8, 4) is 11.5 Å². The molecule has 0 amide bonds. The predicted molar refractivity (Wildman–Crippen MR) is 159 cm³/mol. The second-order valence-electron chi connectivity index (χ2n) is 9.12. The fourth-order valence-corrected chi connectivity index (χ4v) is 7.14. The summed E-state index contributed by atoms with van der Waals surface area (Å²) in [5.41, 5.74) is 1.36. The van der Waals surface area contributed by atoms with Gasteiger partial charge in [-0.05, 0) is 104 Å². The SMILES string of the molecule is Oc1ccc(C2Nc3cc(C(F)(F)F)ccc3S2)cc1Br.Oc1ccc(C2Nc3cc(C(F)(F)F)ccc3S2)cc1Br. The maximum atomic E-state index is 12.7. The Labute approximate surface area is 261 Å². The standard InChI is InChI=1S/2C14H9BrF3NOS/c2*15-9-5-7(1-3-11(9)20)13-19-10-6-8(14(16,17)18)2-4-12(10)21-13/h2*1-6,13,19-20H. The summed E-state index contributed by atoms with van der Waals surface area (Å²) in [7, 11) is 0. The Morgan fingerprint density at radius 2 is 0.952 bits per heavy atom. The number of alkyl halides is 6. The van der Waals surface area contributed by atoms with Gasteiger partial charge in [-0.3, -0.25) is 0 Å². The third-order valence-electron chi connectivity index (χ3n) is 6.23. The minimum Gasteiger partial charge on any atom is -0.507 e. The van der Waals surface area contributed by atoms with Crippen LogP contribution in [0.15, 0.2) is 91.5 Å². The van der Waals surface area contributed by atoms with Crippen molar-refractivity contribution in [2.75, 3.05) is 10.6 Å². The summed E-state index contributed by atoms with van der Waals surface area (Å²) in [5.74, 6) is 0.247. The Kier molecular flexibility index (Phi) is 8.63. The first-order valence-corrected chi connectivity index (χ1v) is 15.3. The Balaban J connectivity index is 0.000000168. The van der Waals surface area contributed by atoms with E-state index in [1.165, 1.54) is 35.7 Å². The molecule has 0 aromatic heterocycles. The van der Waals surface area contributed by atoms with E-state index in [0.717, 1.165) is 45.2 Å². The summed E-state index contributed by atoms with van der Waals surface area (Å²) in [6.45, 7) is 0. The molecule has 14 heteroatoms. The zero-order valence-electron chi connectivity index (χ0n) is 20.8. The number of phenolic OH excluding ortho intramolecular Hbond substituents is 2. The molecule has 0 fully saturated rings. The van der Waals surface area contributed by atoms with Crippen molar-refractivity contribution >= 4 is 66.8 Å². The van der Waals surface area contributed by atoms with E-state index in [1.807, 2.05) is 0 Å². The van der Waals surface area contributed by atoms with Crippen LogP contribution in [0.25, 0.3) is 0 Å². The molecule has 2 heterocycles. The third kappa shape index (κ3) is 6.76. The van der Waals surface area contributed by atoms with Crippen molar-refractivity contribution in [2.45, 2.75) is 32.9 Å². The lowest BCUT2D eigenvalue weighted by molar-refractivity contribution is -0.138. The van der Waals surface area contributed by atoms with E-state index in [1.54, 1.807) is 36.4 Å². The second kappa shape index (κ2) is 11.8. The summed E-state index contributed by atoms with van der Waals surface area (Å²) in [6.07, 6.45) is -8.69. The maximum absolute atomic E-state index is 12.7. The van der Waals surface area contributed by atoms with Gasteiger partial charge in [0, 0.05) is 21.2 Å². The molecule has 4 N–H and O–H groups in total. The number of fused-ring (bicyclic) bond motifs is 2. The number of phenols is 2. The molecule has 4 aromatic rings. The Bertz CT molecular complexity index is 1530. The van der Waals surface area contributed by atoms with Gasteiger partial charge in [0.2, 0.25) is 0 Å². The average Bonchev–Trinajstić information content (AvgIpc) is 3.55. The van der Waals surface area contributed by atoms with Crippen molar-refractivity contribution < 1.29 is 36.6 Å². The van der Waals surface area contributed by atoms with Gasteiger partial charge >= 0.3 is 12.4 Å². The van der Waals surface area contributed by atoms with Crippen molar-refractivity contribution in [1.29, 1.82) is 0 Å². The molecule has 2 aliphatic rings. The van der Waals surface area contributed by atoms with E-state index >= 15 is 0 Å². The van der Waals surface area contributed by atoms with Gasteiger partial charge in [0.25, 0.3) is 0 Å². The van der Waals surface area contributed by atoms with E-state index in [4.69, 9.17) is 0 Å². The minimum atomic E-state index is -4.35. The summed E-state index contributed by atoms with van der Waals surface area (Å²) < 4.78 is 77.3. The number of rotatable bonds is 2. The van der Waals surface area contributed by atoms with Gasteiger partial charge in [0.1, 0.15) is 22.2 Å². The highest BCUT2D eigenvalue weighted by Gasteiger charge is 2.34. The van der Waals surface area contributed by atoms with Crippen LogP contribution >= 0.6 is 55.4 Å². The molecule has 4 aromatic carbocycles. The lowest BCUT2D eigenvalue weighted by atomic mass is 10.1. The van der Waals surface area contributed by atoms with Crippen molar-refractivity contribution in [3.05, 3.63) is 104 Å². The third-order valence-corrected chi connectivity index (χ3v) is 9.97. The molecule has 2 unspecified atom stereocenters. The summed E-state index contributed by atoms with van der Waals surface area (Å²) >= 11 is 9.34. The van der Waals surface area contributed by atoms with E-state index in [0.29, 0.717) is 20.3 Å². The number of aromatic hydroxyl groups is 2. The van der Waals surface area contributed by atoms with Crippen LogP contribution in [0.4, 0.5) is 37.7 Å². The van der Waals surface area contributed by atoms with Crippen molar-refractivity contribution in [2.24, 2.45) is 0 Å². The van der Waals surface area contributed by atoms with Gasteiger partial charge in [0.15, 0.2) is 0 Å². The van der Waals surface area contributed by atoms with Crippen LogP contribution in [0.2, 0.25) is 0 Å². The Morgan fingerprint density at radius 3 is 1.29 bits per heavy atom. The molecular weight excluding hydrogens is 734 g/mol. The molecule has 220 valence electrons. The highest BCUT2D eigenvalue weighted by Crippen LogP contribution is 2.50. The quantitative estimate of drug-likeness (QED) is 0.153. The number of benzene rings is 4. The monoisotopic (exact) mass is 750 g/mol. The molecule has 0 saturated carbocycles. The number of nitrogens with one attached hydrogen (secondary N) is 2. The summed E-state index contributed by atoms with van der Waals surface area (Å²) in [4.78, 5) is 1.55. The summed E-state index contributed by atoms with van der Waals surface area (Å²) in [6, 6.07) is 17.4. The van der Waals surface area contributed by atoms with E-state index in [9.17, 15) is 36.6 Å². The van der Waals surface area contributed by atoms with Crippen LogP contribution in [-0.2, 0) is 12.4 Å². The number of thioether (sulfide) groups is 2. The first kappa shape index (κ1) is 30.8. The van der Waals surface area contributed by atoms with Gasteiger partial charge in [-0.25, -0.2) is 0 Å². The normalized spacial score (nSPS) is 17.4. The van der Waals surface area contributed by atoms with Crippen LogP contribution in [0.5, 0.6) is 11.5 Å². The maximum Gasteiger partial charge on any atom is 0.416 e. The highest BCUT2D eigenvalue weighted by atomic mass is 79.9. The van der Waals surface area contributed by atoms with Gasteiger partial charge in [0.05, 0.1) is 20.1 Å². The van der Waals surface area contributed by atoms with Gasteiger partial charge in [-0.1, -0.05) is 35.7 Å². The second-order valence-corrected chi connectivity index (χ2v) is 13.1. The van der Waals surface area contributed by atoms with E-state index in [-0.39, 0.29) is 22.2 Å². The molecule has 6 rings (SSSR count). The molecule has 0 aliphatic carbocycles. The number of hydrogen-bond acceptors (Lipinski definition) is 6. The first-order chi connectivity index (χ1) is 19.7. The zero-order chi connectivity index (χ0) is 30.4. The van der Waals surface area contributed by atoms with Gasteiger partial charge < -0.3 is 20.8 Å². The largest absolute Gasteiger partial charge is 0.507 e. The molecule has 2 atom stereocenters. The number of hydrogen-bond donors (Lipinski definition) is 4. The molecule has 0 spiro atoms. The van der Waals surface area contributed by atoms with Gasteiger partial charge in [-0.2, -0.15) is 26.3 Å². The van der Waals surface area contributed by atoms with Crippen molar-refractivity contribution in [3.63, 3.8) is 0 Å². The topological polar surface area (TPSA) is 64.5 Å². The van der Waals surface area contributed by atoms with Gasteiger partial charge in [-0.15, -0.1) is 0 Å². The number of halogens is 8. The minimum absolute atomic E-state index is 0.124. The van der Waals surface area contributed by atoms with E-state index in [2.05, 4.69) is 42.5 Å². The van der Waals surface area contributed by atoms with Crippen LogP contribution in [0.3, 0.4) is 0 Å². The number of anilines is 2. The fraction of sp³-hybridized carbons (Fsp3) is 0.143. The molecular formula is C28H18Br2F6N2O2S2. The average molecular weight is 752 g/mol. The van der Waals surface area contributed by atoms with Crippen LogP contribution < -0.4 is 10.6 Å². The molecule has 0 radical (unpaired) electrons. The Morgan fingerprint density at radius 1 is 0.571 bits per heavy atom. The molecule has 4 nitrogen and oxygen atoms in total. The molecule has 0 bridgehead atoms.